The second-order valence-corrected chi connectivity index (χ2v) is 6.10. The summed E-state index contributed by atoms with van der Waals surface area (Å²) < 4.78 is 10.6. The topological polar surface area (TPSA) is 55.6 Å². The van der Waals surface area contributed by atoms with Gasteiger partial charge in [-0.05, 0) is 46.6 Å². The molecule has 0 unspecified atom stereocenters. The highest BCUT2D eigenvalue weighted by atomic mass is 16.6. The predicted molar refractivity (Wildman–Crippen MR) is 76.4 cm³/mol. The van der Waals surface area contributed by atoms with Gasteiger partial charge in [0.15, 0.2) is 0 Å². The number of carbonyl (C=O) groups excluding carboxylic acids is 1. The molecule has 1 aliphatic rings. The van der Waals surface area contributed by atoms with E-state index in [2.05, 4.69) is 11.2 Å². The normalized spacial score (nSPS) is 16.1. The number of nitrogens with zero attached hydrogens (tertiary/aromatic N) is 2. The van der Waals surface area contributed by atoms with Crippen LogP contribution in [0.1, 0.15) is 44.2 Å². The van der Waals surface area contributed by atoms with Gasteiger partial charge < -0.3 is 14.2 Å². The molecule has 0 spiro atoms. The molecule has 2 rings (SSSR count). The fourth-order valence-electron chi connectivity index (χ4n) is 2.33. The van der Waals surface area contributed by atoms with Crippen LogP contribution < -0.4 is 0 Å². The predicted octanol–water partition coefficient (Wildman–Crippen LogP) is 3.32. The average molecular weight is 278 g/mol. The summed E-state index contributed by atoms with van der Waals surface area (Å²) in [6.07, 6.45) is 2.59. The lowest BCUT2D eigenvalue weighted by atomic mass is 9.98. The van der Waals surface area contributed by atoms with E-state index in [1.807, 2.05) is 34.6 Å². The maximum atomic E-state index is 12.0. The Balaban J connectivity index is 2.06. The van der Waals surface area contributed by atoms with Crippen LogP contribution >= 0.6 is 0 Å². The molecule has 0 saturated heterocycles. The third kappa shape index (κ3) is 3.21. The Morgan fingerprint density at radius 3 is 2.55 bits per heavy atom. The van der Waals surface area contributed by atoms with Gasteiger partial charge in [0.2, 0.25) is 0 Å². The number of hydrogen-bond donors (Lipinski definition) is 0. The lowest BCUT2D eigenvalue weighted by molar-refractivity contribution is 0.0270. The van der Waals surface area contributed by atoms with Gasteiger partial charge in [-0.15, -0.1) is 0 Å². The molecule has 0 fully saturated rings. The van der Waals surface area contributed by atoms with Crippen molar-refractivity contribution in [2.45, 2.75) is 46.6 Å². The number of carbonyl (C=O) groups is 1. The van der Waals surface area contributed by atoms with Crippen molar-refractivity contribution >= 4 is 11.7 Å². The Labute approximate surface area is 119 Å². The van der Waals surface area contributed by atoms with Crippen molar-refractivity contribution in [2.24, 2.45) is 0 Å². The summed E-state index contributed by atoms with van der Waals surface area (Å²) in [5.41, 5.74) is 2.72. The van der Waals surface area contributed by atoms with Gasteiger partial charge in [-0.3, -0.25) is 0 Å². The Morgan fingerprint density at radius 2 is 2.10 bits per heavy atom. The average Bonchev–Trinajstić information content (AvgIpc) is 2.67. The zero-order valence-electron chi connectivity index (χ0n) is 12.8. The molecular formula is C15H22N2O3. The molecule has 1 aromatic heterocycles. The quantitative estimate of drug-likeness (QED) is 0.790. The van der Waals surface area contributed by atoms with Gasteiger partial charge in [0.05, 0.1) is 5.69 Å². The van der Waals surface area contributed by atoms with Gasteiger partial charge in [-0.2, -0.15) is 0 Å². The summed E-state index contributed by atoms with van der Waals surface area (Å²) in [7, 11) is 0. The summed E-state index contributed by atoms with van der Waals surface area (Å²) >= 11 is 0. The molecule has 1 amide bonds. The molecule has 110 valence electrons. The van der Waals surface area contributed by atoms with Gasteiger partial charge in [0.25, 0.3) is 0 Å². The molecule has 1 aliphatic heterocycles. The molecule has 0 radical (unpaired) electrons. The summed E-state index contributed by atoms with van der Waals surface area (Å²) in [6, 6.07) is 0. The third-order valence-electron chi connectivity index (χ3n) is 3.22. The van der Waals surface area contributed by atoms with Crippen LogP contribution in [0.5, 0.6) is 0 Å². The van der Waals surface area contributed by atoms with Crippen LogP contribution in [0.3, 0.4) is 0 Å². The smallest absolute Gasteiger partial charge is 0.410 e. The highest BCUT2D eigenvalue weighted by Crippen LogP contribution is 2.28. The summed E-state index contributed by atoms with van der Waals surface area (Å²) in [5.74, 6) is 0.833. The molecule has 0 N–H and O–H groups in total. The van der Waals surface area contributed by atoms with Crippen molar-refractivity contribution < 1.29 is 14.1 Å². The number of amides is 1. The van der Waals surface area contributed by atoms with Crippen molar-refractivity contribution in [3.05, 3.63) is 23.1 Å². The first-order valence-corrected chi connectivity index (χ1v) is 6.88. The summed E-state index contributed by atoms with van der Waals surface area (Å²) in [5, 5.41) is 3.97. The Kier molecular flexibility index (Phi) is 3.88. The van der Waals surface area contributed by atoms with E-state index in [4.69, 9.17) is 9.26 Å². The van der Waals surface area contributed by atoms with E-state index in [1.54, 1.807) is 4.90 Å². The Morgan fingerprint density at radius 1 is 1.40 bits per heavy atom. The van der Waals surface area contributed by atoms with E-state index in [9.17, 15) is 4.79 Å². The largest absolute Gasteiger partial charge is 0.444 e. The number of aromatic nitrogens is 1. The standard InChI is InChI=1S/C15H22N2O3/c1-10-13(11(2)20-16-10)12-6-8-17(9-7-12)14(18)19-15(3,4)5/h6H,7-9H2,1-5H3. The molecule has 5 heteroatoms. The highest BCUT2D eigenvalue weighted by Gasteiger charge is 2.25. The molecule has 5 nitrogen and oxygen atoms in total. The van der Waals surface area contributed by atoms with Gasteiger partial charge in [0.1, 0.15) is 11.4 Å². The summed E-state index contributed by atoms with van der Waals surface area (Å²) in [6.45, 7) is 10.7. The zero-order chi connectivity index (χ0) is 14.9. The zero-order valence-corrected chi connectivity index (χ0v) is 12.8. The van der Waals surface area contributed by atoms with Crippen molar-refractivity contribution in [1.29, 1.82) is 0 Å². The summed E-state index contributed by atoms with van der Waals surface area (Å²) in [4.78, 5) is 13.7. The second kappa shape index (κ2) is 5.31. The van der Waals surface area contributed by atoms with Crippen molar-refractivity contribution in [2.75, 3.05) is 13.1 Å². The molecule has 0 atom stereocenters. The number of ether oxygens (including phenoxy) is 1. The van der Waals surface area contributed by atoms with E-state index < -0.39 is 5.60 Å². The third-order valence-corrected chi connectivity index (χ3v) is 3.22. The molecular weight excluding hydrogens is 256 g/mol. The Bertz CT molecular complexity index is 518. The maximum absolute atomic E-state index is 12.0. The van der Waals surface area contributed by atoms with Crippen molar-refractivity contribution in [3.63, 3.8) is 0 Å². The van der Waals surface area contributed by atoms with Crippen LogP contribution in [0.4, 0.5) is 4.79 Å². The highest BCUT2D eigenvalue weighted by molar-refractivity contribution is 5.73. The van der Waals surface area contributed by atoms with Crippen LogP contribution in [0.25, 0.3) is 5.57 Å². The van der Waals surface area contributed by atoms with Crippen LogP contribution in [-0.4, -0.2) is 34.8 Å². The first kappa shape index (κ1) is 14.6. The van der Waals surface area contributed by atoms with E-state index in [-0.39, 0.29) is 6.09 Å². The minimum absolute atomic E-state index is 0.258. The molecule has 0 saturated carbocycles. The number of hydrogen-bond acceptors (Lipinski definition) is 4. The van der Waals surface area contributed by atoms with E-state index in [0.29, 0.717) is 13.1 Å². The lowest BCUT2D eigenvalue weighted by Crippen LogP contribution is -2.39. The molecule has 20 heavy (non-hydrogen) atoms. The van der Waals surface area contributed by atoms with Crippen LogP contribution in [-0.2, 0) is 4.74 Å². The van der Waals surface area contributed by atoms with Gasteiger partial charge in [-0.1, -0.05) is 11.2 Å². The molecule has 2 heterocycles. The fraction of sp³-hybridized carbons (Fsp3) is 0.600. The van der Waals surface area contributed by atoms with Gasteiger partial charge in [0, 0.05) is 18.7 Å². The van der Waals surface area contributed by atoms with Crippen LogP contribution in [0.15, 0.2) is 10.6 Å². The van der Waals surface area contributed by atoms with Crippen LogP contribution in [0, 0.1) is 13.8 Å². The fourth-order valence-corrected chi connectivity index (χ4v) is 2.33. The SMILES string of the molecule is Cc1noc(C)c1C1=CCN(C(=O)OC(C)(C)C)CC1. The molecule has 1 aromatic rings. The van der Waals surface area contributed by atoms with Gasteiger partial charge >= 0.3 is 6.09 Å². The van der Waals surface area contributed by atoms with Crippen LogP contribution in [0.2, 0.25) is 0 Å². The lowest BCUT2D eigenvalue weighted by Gasteiger charge is -2.29. The van der Waals surface area contributed by atoms with E-state index in [0.717, 1.165) is 23.4 Å². The molecule has 0 aromatic carbocycles. The minimum Gasteiger partial charge on any atom is -0.444 e. The monoisotopic (exact) mass is 278 g/mol. The first-order valence-electron chi connectivity index (χ1n) is 6.88. The number of rotatable bonds is 1. The van der Waals surface area contributed by atoms with E-state index >= 15 is 0 Å². The molecule has 0 bridgehead atoms. The maximum Gasteiger partial charge on any atom is 0.410 e. The van der Waals surface area contributed by atoms with Crippen molar-refractivity contribution in [1.82, 2.24) is 10.1 Å². The van der Waals surface area contributed by atoms with E-state index in [1.165, 1.54) is 5.57 Å². The first-order chi connectivity index (χ1) is 9.28. The van der Waals surface area contributed by atoms with Gasteiger partial charge in [-0.25, -0.2) is 4.79 Å². The second-order valence-electron chi connectivity index (χ2n) is 6.10. The number of aryl methyl sites for hydroxylation is 2. The van der Waals surface area contributed by atoms with Crippen molar-refractivity contribution in [3.8, 4) is 0 Å². The molecule has 0 aliphatic carbocycles. The minimum atomic E-state index is -0.456. The Hall–Kier alpha value is -1.78.